The van der Waals surface area contributed by atoms with E-state index in [0.29, 0.717) is 30.5 Å². The average molecular weight is 245 g/mol. The first-order valence-corrected chi connectivity index (χ1v) is 6.03. The fourth-order valence-electron chi connectivity index (χ4n) is 1.47. The molecule has 0 radical (unpaired) electrons. The summed E-state index contributed by atoms with van der Waals surface area (Å²) in [7, 11) is 0. The minimum atomic E-state index is 0.116. The summed E-state index contributed by atoms with van der Waals surface area (Å²) in [4.78, 5) is 19.3. The Labute approximate surface area is 105 Å². The lowest BCUT2D eigenvalue weighted by atomic mass is 10.3. The van der Waals surface area contributed by atoms with Gasteiger partial charge in [-0.05, 0) is 19.3 Å². The van der Waals surface area contributed by atoms with Gasteiger partial charge in [-0.2, -0.15) is 5.26 Å². The molecule has 1 amide bonds. The van der Waals surface area contributed by atoms with Gasteiger partial charge in [-0.25, -0.2) is 9.97 Å². The Kier molecular flexibility index (Phi) is 4.07. The number of carbonyl (C=O) groups is 1. The minimum Gasteiger partial charge on any atom is -0.369 e. The molecule has 2 rings (SSSR count). The van der Waals surface area contributed by atoms with Gasteiger partial charge in [0.2, 0.25) is 5.91 Å². The number of hydrogen-bond acceptors (Lipinski definition) is 5. The predicted octanol–water partition coefficient (Wildman–Crippen LogP) is 0.819. The molecular formula is C12H15N5O. The first-order valence-electron chi connectivity index (χ1n) is 6.03. The summed E-state index contributed by atoms with van der Waals surface area (Å²) in [5.41, 5.74) is 0.296. The molecule has 0 bridgehead atoms. The molecule has 0 aliphatic heterocycles. The van der Waals surface area contributed by atoms with Crippen LogP contribution in [0.4, 0.5) is 5.82 Å². The highest BCUT2D eigenvalue weighted by Crippen LogP contribution is 2.18. The van der Waals surface area contributed by atoms with E-state index in [1.54, 1.807) is 0 Å². The molecule has 0 aromatic carbocycles. The van der Waals surface area contributed by atoms with E-state index in [1.165, 1.54) is 12.4 Å². The van der Waals surface area contributed by atoms with E-state index in [9.17, 15) is 4.79 Å². The van der Waals surface area contributed by atoms with E-state index in [4.69, 9.17) is 5.26 Å². The smallest absolute Gasteiger partial charge is 0.220 e. The van der Waals surface area contributed by atoms with Crippen molar-refractivity contribution >= 4 is 11.7 Å². The van der Waals surface area contributed by atoms with Crippen molar-refractivity contribution in [1.29, 1.82) is 5.26 Å². The number of hydrogen-bond donors (Lipinski definition) is 2. The van der Waals surface area contributed by atoms with Crippen LogP contribution in [0, 0.1) is 11.3 Å². The lowest BCUT2D eigenvalue weighted by Crippen LogP contribution is -2.25. The molecule has 1 aromatic heterocycles. The summed E-state index contributed by atoms with van der Waals surface area (Å²) < 4.78 is 0. The van der Waals surface area contributed by atoms with Crippen LogP contribution >= 0.6 is 0 Å². The van der Waals surface area contributed by atoms with Gasteiger partial charge in [0.05, 0.1) is 12.4 Å². The molecule has 1 aromatic rings. The molecule has 1 saturated carbocycles. The number of nitrogens with zero attached hydrogens (tertiary/aromatic N) is 3. The lowest BCUT2D eigenvalue weighted by Gasteiger charge is -2.05. The molecule has 0 spiro atoms. The predicted molar refractivity (Wildman–Crippen MR) is 65.6 cm³/mol. The van der Waals surface area contributed by atoms with Crippen LogP contribution in [0.15, 0.2) is 12.4 Å². The van der Waals surface area contributed by atoms with Crippen molar-refractivity contribution < 1.29 is 4.79 Å². The van der Waals surface area contributed by atoms with E-state index in [1.807, 2.05) is 6.07 Å². The molecule has 6 heteroatoms. The van der Waals surface area contributed by atoms with Crippen molar-refractivity contribution in [1.82, 2.24) is 15.3 Å². The highest BCUT2D eigenvalue weighted by molar-refractivity contribution is 5.76. The van der Waals surface area contributed by atoms with Gasteiger partial charge in [0.15, 0.2) is 5.69 Å². The van der Waals surface area contributed by atoms with Crippen LogP contribution in [0.2, 0.25) is 0 Å². The maximum absolute atomic E-state index is 11.4. The third kappa shape index (κ3) is 4.01. The molecule has 1 heterocycles. The fourth-order valence-corrected chi connectivity index (χ4v) is 1.47. The highest BCUT2D eigenvalue weighted by atomic mass is 16.1. The van der Waals surface area contributed by atoms with Crippen LogP contribution < -0.4 is 10.6 Å². The molecule has 94 valence electrons. The Hall–Kier alpha value is -2.16. The van der Waals surface area contributed by atoms with Gasteiger partial charge in [-0.3, -0.25) is 4.79 Å². The minimum absolute atomic E-state index is 0.116. The Morgan fingerprint density at radius 3 is 2.89 bits per heavy atom. The topological polar surface area (TPSA) is 90.7 Å². The van der Waals surface area contributed by atoms with Gasteiger partial charge in [0.1, 0.15) is 11.9 Å². The molecule has 0 unspecified atom stereocenters. The fraction of sp³-hybridized carbons (Fsp3) is 0.500. The van der Waals surface area contributed by atoms with Gasteiger partial charge in [0.25, 0.3) is 0 Å². The molecule has 2 N–H and O–H groups in total. The van der Waals surface area contributed by atoms with Crippen LogP contribution in [0.25, 0.3) is 0 Å². The van der Waals surface area contributed by atoms with Crippen molar-refractivity contribution in [2.45, 2.75) is 31.7 Å². The maximum atomic E-state index is 11.4. The molecule has 6 nitrogen and oxygen atoms in total. The molecule has 1 aliphatic rings. The van der Waals surface area contributed by atoms with E-state index in [2.05, 4.69) is 20.6 Å². The summed E-state index contributed by atoms with van der Waals surface area (Å²) in [6.07, 6.45) is 6.44. The normalized spacial score (nSPS) is 13.7. The summed E-state index contributed by atoms with van der Waals surface area (Å²) in [6, 6.07) is 2.33. The molecule has 1 fully saturated rings. The van der Waals surface area contributed by atoms with Gasteiger partial charge in [-0.1, -0.05) is 0 Å². The number of nitriles is 1. The number of rotatable bonds is 6. The van der Waals surface area contributed by atoms with E-state index in [0.717, 1.165) is 19.3 Å². The first-order chi connectivity index (χ1) is 8.78. The van der Waals surface area contributed by atoms with Crippen LogP contribution in [-0.2, 0) is 4.79 Å². The molecule has 0 saturated heterocycles. The first kappa shape index (κ1) is 12.3. The number of anilines is 1. The summed E-state index contributed by atoms with van der Waals surface area (Å²) >= 11 is 0. The van der Waals surface area contributed by atoms with Crippen molar-refractivity contribution in [2.75, 3.05) is 11.9 Å². The van der Waals surface area contributed by atoms with Gasteiger partial charge in [0, 0.05) is 19.0 Å². The number of aromatic nitrogens is 2. The quantitative estimate of drug-likeness (QED) is 0.724. The van der Waals surface area contributed by atoms with Crippen molar-refractivity contribution in [3.63, 3.8) is 0 Å². The van der Waals surface area contributed by atoms with Gasteiger partial charge < -0.3 is 10.6 Å². The van der Waals surface area contributed by atoms with Crippen LogP contribution in [0.3, 0.4) is 0 Å². The second-order valence-electron chi connectivity index (χ2n) is 4.27. The third-order valence-corrected chi connectivity index (χ3v) is 2.60. The molecular weight excluding hydrogens is 230 g/mol. The third-order valence-electron chi connectivity index (χ3n) is 2.60. The second kappa shape index (κ2) is 5.96. The van der Waals surface area contributed by atoms with Crippen LogP contribution in [-0.4, -0.2) is 28.5 Å². The zero-order chi connectivity index (χ0) is 12.8. The Bertz CT molecular complexity index is 447. The summed E-state index contributed by atoms with van der Waals surface area (Å²) in [6.45, 7) is 0.665. The Morgan fingerprint density at radius 2 is 2.28 bits per heavy atom. The van der Waals surface area contributed by atoms with Crippen LogP contribution in [0.1, 0.15) is 31.4 Å². The lowest BCUT2D eigenvalue weighted by molar-refractivity contribution is -0.121. The van der Waals surface area contributed by atoms with Gasteiger partial charge in [-0.15, -0.1) is 0 Å². The average Bonchev–Trinajstić information content (AvgIpc) is 3.19. The standard InChI is InChI=1S/C12H15N5O/c13-6-10-7-16-11(8-15-10)14-5-1-2-12(18)17-9-3-4-9/h7-9H,1-5H2,(H,14,16)(H,17,18). The van der Waals surface area contributed by atoms with Crippen molar-refractivity contribution in [3.05, 3.63) is 18.1 Å². The second-order valence-corrected chi connectivity index (χ2v) is 4.27. The van der Waals surface area contributed by atoms with E-state index in [-0.39, 0.29) is 5.91 Å². The van der Waals surface area contributed by atoms with Crippen LogP contribution in [0.5, 0.6) is 0 Å². The van der Waals surface area contributed by atoms with E-state index < -0.39 is 0 Å². The summed E-state index contributed by atoms with van der Waals surface area (Å²) in [5, 5.41) is 14.6. The number of nitrogens with one attached hydrogen (secondary N) is 2. The molecule has 1 aliphatic carbocycles. The number of carbonyl (C=O) groups excluding carboxylic acids is 1. The summed E-state index contributed by atoms with van der Waals surface area (Å²) in [5.74, 6) is 0.738. The maximum Gasteiger partial charge on any atom is 0.220 e. The number of amides is 1. The molecule has 18 heavy (non-hydrogen) atoms. The SMILES string of the molecule is N#Cc1cnc(NCCCC(=O)NC2CC2)cn1. The van der Waals surface area contributed by atoms with Crippen molar-refractivity contribution in [2.24, 2.45) is 0 Å². The zero-order valence-corrected chi connectivity index (χ0v) is 10.0. The zero-order valence-electron chi connectivity index (χ0n) is 10.0. The molecule has 0 atom stereocenters. The Morgan fingerprint density at radius 1 is 1.44 bits per heavy atom. The van der Waals surface area contributed by atoms with Gasteiger partial charge >= 0.3 is 0 Å². The monoisotopic (exact) mass is 245 g/mol. The Balaban J connectivity index is 1.62. The van der Waals surface area contributed by atoms with E-state index >= 15 is 0 Å². The van der Waals surface area contributed by atoms with Crippen molar-refractivity contribution in [3.8, 4) is 6.07 Å². The highest BCUT2D eigenvalue weighted by Gasteiger charge is 2.22. The largest absolute Gasteiger partial charge is 0.369 e.